The van der Waals surface area contributed by atoms with E-state index in [-0.39, 0.29) is 0 Å². The van der Waals surface area contributed by atoms with Crippen LogP contribution in [0.5, 0.6) is 0 Å². The standard InChI is InChI=1S/H10N12S/c1-3-5-7-9-11-13-12-10-8-6-4-2/h(H3,1,5,9)(H3,2,6,10)(H2,3,7,11)(H2,4,8,12). The number of rotatable bonds is 8. The third-order valence-electron chi connectivity index (χ3n) is 0.531. The first kappa shape index (κ1) is 11.6. The third-order valence-corrected chi connectivity index (χ3v) is 0.940. The second-order valence-corrected chi connectivity index (χ2v) is 1.82. The topological polar surface area (TPSA) is 174 Å². The van der Waals surface area contributed by atoms with E-state index in [1.165, 1.54) is 0 Å². The molecule has 10 N–H and O–H groups in total. The molecule has 0 unspecified atom stereocenters. The van der Waals surface area contributed by atoms with Gasteiger partial charge in [-0.3, -0.25) is 0 Å². The van der Waals surface area contributed by atoms with Crippen molar-refractivity contribution in [1.82, 2.24) is 31.8 Å². The summed E-state index contributed by atoms with van der Waals surface area (Å²) in [7, 11) is 0. The van der Waals surface area contributed by atoms with Crippen LogP contribution >= 0.6 is 12.1 Å². The largest absolute Gasteiger partial charge is 0.303 e. The van der Waals surface area contributed by atoms with Crippen LogP contribution in [0.15, 0.2) is 20.9 Å². The fraction of sp³-hybridized carbons (Fsp3) is 0. The maximum atomic E-state index is 4.67. The van der Waals surface area contributed by atoms with E-state index in [2.05, 4.69) is 64.4 Å². The molecule has 0 spiro atoms. The Bertz CT molecular complexity index is 120. The summed E-state index contributed by atoms with van der Waals surface area (Å²) >= 11 is 1.02. The molecule has 0 aromatic heterocycles. The van der Waals surface area contributed by atoms with Crippen molar-refractivity contribution in [1.29, 1.82) is 0 Å². The van der Waals surface area contributed by atoms with E-state index in [1.54, 1.807) is 0 Å². The predicted octanol–water partition coefficient (Wildman–Crippen LogP) is -2.77. The summed E-state index contributed by atoms with van der Waals surface area (Å²) in [5.41, 5.74) is 9.26. The summed E-state index contributed by atoms with van der Waals surface area (Å²) < 4.78 is 0. The van der Waals surface area contributed by atoms with Crippen molar-refractivity contribution in [2.45, 2.75) is 0 Å². The average molecular weight is 210 g/mol. The molecule has 0 aliphatic rings. The van der Waals surface area contributed by atoms with Crippen LogP contribution in [0.25, 0.3) is 0 Å². The molecule has 0 amide bonds. The van der Waals surface area contributed by atoms with Gasteiger partial charge in [-0.05, 0) is 10.4 Å². The zero-order valence-corrected chi connectivity index (χ0v) is 7.17. The predicted molar refractivity (Wildman–Crippen MR) is 44.5 cm³/mol. The van der Waals surface area contributed by atoms with Crippen LogP contribution in [-0.2, 0) is 0 Å². The highest BCUT2D eigenvalue weighted by Gasteiger charge is 1.81. The normalized spacial score (nSPS) is 11.1. The molecular formula is H10N12S. The Morgan fingerprint density at radius 1 is 0.846 bits per heavy atom. The quantitative estimate of drug-likeness (QED) is 0.0693. The number of nitrogens with one attached hydrogen (secondary N) is 6. The van der Waals surface area contributed by atoms with Gasteiger partial charge in [0.05, 0.1) is 0 Å². The summed E-state index contributed by atoms with van der Waals surface area (Å²) in [6, 6.07) is 0. The second-order valence-electron chi connectivity index (χ2n) is 1.21. The molecule has 0 radical (unpaired) electrons. The Morgan fingerprint density at radius 3 is 1.69 bits per heavy atom. The highest BCUT2D eigenvalue weighted by atomic mass is 32.2. The molecule has 13 heavy (non-hydrogen) atoms. The first-order valence-electron chi connectivity index (χ1n) is 2.77. The Kier molecular flexibility index (Phi) is 9.44. The lowest BCUT2D eigenvalue weighted by Gasteiger charge is -2.04. The number of hydrazine groups is 4. The van der Waals surface area contributed by atoms with E-state index in [0.717, 1.165) is 12.1 Å². The van der Waals surface area contributed by atoms with Gasteiger partial charge in [-0.15, -0.1) is 11.1 Å². The average Bonchev–Trinajstić information content (AvgIpc) is 2.16. The number of nitrogens with zero attached hydrogens (tertiary/aromatic N) is 4. The Balaban J connectivity index is 2.91. The van der Waals surface area contributed by atoms with Gasteiger partial charge < -0.3 is 11.7 Å². The van der Waals surface area contributed by atoms with Crippen LogP contribution in [-0.4, -0.2) is 0 Å². The van der Waals surface area contributed by atoms with Crippen LogP contribution in [0.3, 0.4) is 0 Å². The molecule has 0 aromatic rings. The van der Waals surface area contributed by atoms with Crippen LogP contribution in [0.1, 0.15) is 0 Å². The monoisotopic (exact) mass is 210 g/mol. The molecule has 12 nitrogen and oxygen atoms in total. The van der Waals surface area contributed by atoms with Gasteiger partial charge in [0.2, 0.25) is 0 Å². The van der Waals surface area contributed by atoms with Gasteiger partial charge in [0.25, 0.3) is 0 Å². The van der Waals surface area contributed by atoms with E-state index >= 15 is 0 Å². The minimum Gasteiger partial charge on any atom is -0.303 e. The van der Waals surface area contributed by atoms with Crippen molar-refractivity contribution in [3.63, 3.8) is 0 Å². The minimum atomic E-state index is 1.02. The van der Waals surface area contributed by atoms with Crippen molar-refractivity contribution in [2.24, 2.45) is 32.6 Å². The van der Waals surface area contributed by atoms with Crippen molar-refractivity contribution in [3.8, 4) is 0 Å². The molecule has 0 aliphatic heterocycles. The maximum absolute atomic E-state index is 4.67. The first-order valence-corrected chi connectivity index (χ1v) is 3.59. The van der Waals surface area contributed by atoms with Crippen molar-refractivity contribution < 1.29 is 0 Å². The lowest BCUT2D eigenvalue weighted by Crippen LogP contribution is -2.42. The highest BCUT2D eigenvalue weighted by Crippen LogP contribution is 1.72. The van der Waals surface area contributed by atoms with Gasteiger partial charge in [0, 0.05) is 12.1 Å². The van der Waals surface area contributed by atoms with Crippen LogP contribution in [0.2, 0.25) is 0 Å². The van der Waals surface area contributed by atoms with Gasteiger partial charge >= 0.3 is 0 Å². The van der Waals surface area contributed by atoms with Gasteiger partial charge in [0.1, 0.15) is 0 Å². The zero-order valence-electron chi connectivity index (χ0n) is 6.35. The highest BCUT2D eigenvalue weighted by molar-refractivity contribution is 7.95. The molecule has 0 bridgehead atoms. The number of nitrogens with two attached hydrogens (primary N) is 2. The number of hydrogen-bond acceptors (Lipinski definition) is 9. The van der Waals surface area contributed by atoms with Crippen molar-refractivity contribution in [2.75, 3.05) is 0 Å². The SMILES string of the molecule is NN=NNNNSNNNN=NN. The number of hydrogen-bond donors (Lipinski definition) is 8. The Hall–Kier alpha value is -1.41. The van der Waals surface area contributed by atoms with E-state index in [0.29, 0.717) is 0 Å². The van der Waals surface area contributed by atoms with Gasteiger partial charge in [-0.1, -0.05) is 10.4 Å². The maximum Gasteiger partial charge on any atom is 0.0369 e. The molecule has 76 valence electrons. The Labute approximate surface area is 77.4 Å². The van der Waals surface area contributed by atoms with Crippen molar-refractivity contribution in [3.05, 3.63) is 0 Å². The zero-order chi connectivity index (χ0) is 9.78. The third kappa shape index (κ3) is 10.6. The molecule has 0 heterocycles. The van der Waals surface area contributed by atoms with E-state index < -0.39 is 0 Å². The van der Waals surface area contributed by atoms with Crippen LogP contribution < -0.4 is 43.5 Å². The lowest BCUT2D eigenvalue weighted by molar-refractivity contribution is 0.496. The van der Waals surface area contributed by atoms with Crippen LogP contribution in [0, 0.1) is 0 Å². The molecule has 13 heteroatoms. The molecule has 0 aromatic carbocycles. The van der Waals surface area contributed by atoms with E-state index in [9.17, 15) is 0 Å². The van der Waals surface area contributed by atoms with E-state index in [4.69, 9.17) is 0 Å². The van der Waals surface area contributed by atoms with Gasteiger partial charge in [-0.2, -0.15) is 9.66 Å². The fourth-order valence-corrected chi connectivity index (χ4v) is 0.474. The summed E-state index contributed by atoms with van der Waals surface area (Å²) in [6.45, 7) is 0. The van der Waals surface area contributed by atoms with Crippen LogP contribution in [0.4, 0.5) is 0 Å². The summed E-state index contributed by atoms with van der Waals surface area (Å²) in [5, 5.41) is 12.2. The molecule has 0 saturated heterocycles. The molecule has 0 rings (SSSR count). The molecule has 0 saturated carbocycles. The fourth-order valence-electron chi connectivity index (χ4n) is 0.230. The summed E-state index contributed by atoms with van der Waals surface area (Å²) in [6.07, 6.45) is 0. The molecule has 0 aliphatic carbocycles. The smallest absolute Gasteiger partial charge is 0.0369 e. The molecular weight excluding hydrogens is 200 g/mol. The minimum absolute atomic E-state index is 1.02. The Morgan fingerprint density at radius 2 is 1.31 bits per heavy atom. The molecule has 0 atom stereocenters. The van der Waals surface area contributed by atoms with E-state index in [1.807, 2.05) is 0 Å². The van der Waals surface area contributed by atoms with Gasteiger partial charge in [0.15, 0.2) is 0 Å². The second kappa shape index (κ2) is 10.6. The van der Waals surface area contributed by atoms with Crippen molar-refractivity contribution >= 4 is 12.1 Å². The van der Waals surface area contributed by atoms with Gasteiger partial charge in [-0.25, -0.2) is 11.1 Å². The summed E-state index contributed by atoms with van der Waals surface area (Å²) in [5.74, 6) is 9.35. The summed E-state index contributed by atoms with van der Waals surface area (Å²) in [4.78, 5) is 5.05. The molecule has 0 fully saturated rings. The first-order chi connectivity index (χ1) is 6.41. The lowest BCUT2D eigenvalue weighted by atomic mass is 12.3.